The number of hydrogen-bond donors (Lipinski definition) is 0. The van der Waals surface area contributed by atoms with Gasteiger partial charge < -0.3 is 42.1 Å². The van der Waals surface area contributed by atoms with Gasteiger partial charge in [-0.25, -0.2) is 0 Å². The van der Waals surface area contributed by atoms with E-state index in [-0.39, 0.29) is 65.9 Å². The van der Waals surface area contributed by atoms with E-state index in [1.165, 1.54) is 26.4 Å². The van der Waals surface area contributed by atoms with Crippen molar-refractivity contribution in [2.24, 2.45) is 24.1 Å². The molecule has 0 unspecified atom stereocenters. The molecule has 0 saturated carbocycles. The van der Waals surface area contributed by atoms with Gasteiger partial charge in [0.1, 0.15) is 19.0 Å². The largest absolute Gasteiger partial charge is 0.493 e. The molecule has 9 rings (SSSR count). The lowest BCUT2D eigenvalue weighted by Gasteiger charge is -2.33. The minimum absolute atomic E-state index is 0.145. The van der Waals surface area contributed by atoms with Crippen LogP contribution in [0.15, 0.2) is 77.0 Å². The maximum Gasteiger partial charge on any atom is 0.488 e. The van der Waals surface area contributed by atoms with Gasteiger partial charge in [-0.2, -0.15) is 8.42 Å². The predicted molar refractivity (Wildman–Crippen MR) is 214 cm³/mol. The van der Waals surface area contributed by atoms with Gasteiger partial charge >= 0.3 is 10.5 Å². The summed E-state index contributed by atoms with van der Waals surface area (Å²) in [6, 6.07) is 14.3. The highest BCUT2D eigenvalue weighted by Crippen LogP contribution is 2.41. The number of ether oxygens (including phenoxy) is 4. The number of amides is 2. The zero-order chi connectivity index (χ0) is 41.2. The molecule has 0 saturated heterocycles. The molecular weight excluding hydrogens is 784 g/mol. The Bertz CT molecular complexity index is 2560. The molecule has 304 valence electrons. The van der Waals surface area contributed by atoms with Crippen LogP contribution in [0.4, 0.5) is 15.3 Å². The molecule has 15 nitrogen and oxygen atoms in total. The van der Waals surface area contributed by atoms with Crippen molar-refractivity contribution in [2.75, 3.05) is 14.2 Å². The molecule has 2 atom stereocenters. The maximum absolute atomic E-state index is 13.8. The average molecular weight is 823 g/mol. The van der Waals surface area contributed by atoms with Crippen LogP contribution in [0.5, 0.6) is 28.7 Å². The second-order valence-corrected chi connectivity index (χ2v) is 15.8. The van der Waals surface area contributed by atoms with Gasteiger partial charge in [-0.1, -0.05) is 3.89 Å². The van der Waals surface area contributed by atoms with Crippen LogP contribution in [-0.2, 0) is 63.7 Å². The third-order valence-corrected chi connectivity index (χ3v) is 11.6. The van der Waals surface area contributed by atoms with Crippen molar-refractivity contribution >= 4 is 46.1 Å². The minimum atomic E-state index is -5.38. The lowest BCUT2D eigenvalue weighted by atomic mass is 10.00. The molecule has 4 aliphatic heterocycles. The summed E-state index contributed by atoms with van der Waals surface area (Å²) in [5.74, 6) is 0.420. The van der Waals surface area contributed by atoms with Crippen LogP contribution in [0, 0.1) is 0 Å². The van der Waals surface area contributed by atoms with E-state index in [0.29, 0.717) is 59.6 Å². The summed E-state index contributed by atoms with van der Waals surface area (Å²) >= 11 is 0. The van der Waals surface area contributed by atoms with E-state index in [0.717, 1.165) is 22.5 Å². The molecule has 4 aliphatic rings. The first-order valence-electron chi connectivity index (χ1n) is 18.8. The Morgan fingerprint density at radius 2 is 1.14 bits per heavy atom. The Hall–Kier alpha value is -6.62. The van der Waals surface area contributed by atoms with Crippen molar-refractivity contribution < 1.29 is 45.0 Å². The third kappa shape index (κ3) is 7.15. The van der Waals surface area contributed by atoms with Gasteiger partial charge in [0.25, 0.3) is 11.8 Å². The highest BCUT2D eigenvalue weighted by Gasteiger charge is 2.36. The molecule has 5 aromatic rings. The number of methoxy groups -OCH3 is 2. The molecule has 0 N–H and O–H groups in total. The van der Waals surface area contributed by atoms with Crippen LogP contribution >= 0.6 is 0 Å². The number of aromatic nitrogens is 2. The number of halogens is 1. The Kier molecular flexibility index (Phi) is 9.41. The average Bonchev–Trinajstić information content (AvgIpc) is 3.69. The van der Waals surface area contributed by atoms with E-state index < -0.39 is 10.5 Å². The molecule has 3 aromatic carbocycles. The number of carbonyl (C=O) groups excluding carboxylic acids is 2. The van der Waals surface area contributed by atoms with E-state index in [1.807, 2.05) is 38.6 Å². The molecule has 0 spiro atoms. The summed E-state index contributed by atoms with van der Waals surface area (Å²) in [5.41, 5.74) is 6.81. The van der Waals surface area contributed by atoms with Crippen LogP contribution in [0.2, 0.25) is 0 Å². The number of aliphatic imine (C=N–C) groups is 2. The van der Waals surface area contributed by atoms with Gasteiger partial charge in [0, 0.05) is 88.4 Å². The summed E-state index contributed by atoms with van der Waals surface area (Å²) in [6.07, 6.45) is 8.78. The molecule has 2 aromatic heterocycles. The van der Waals surface area contributed by atoms with Crippen molar-refractivity contribution in [3.63, 3.8) is 0 Å². The fourth-order valence-corrected chi connectivity index (χ4v) is 8.54. The topological polar surface area (TPSA) is 155 Å². The SMILES string of the molecule is COc1cc2c(cc1OCc1cc(COc3cc4c(cc3OC)C(=O)N3Cc5ccn(C)c5C[C@H]3C=N4)cc(OS(=O)(=O)F)c1)N=C[C@@H]1Cc3c(ccn3C)CN1C2=O. The lowest BCUT2D eigenvalue weighted by molar-refractivity contribution is 0.0694. The quantitative estimate of drug-likeness (QED) is 0.162. The molecular formula is C42H39FN6O9S. The molecule has 59 heavy (non-hydrogen) atoms. The van der Waals surface area contributed by atoms with Crippen molar-refractivity contribution in [1.29, 1.82) is 0 Å². The summed E-state index contributed by atoms with van der Waals surface area (Å²) in [4.78, 5) is 40.6. The fourth-order valence-electron chi connectivity index (χ4n) is 8.22. The molecule has 17 heteroatoms. The lowest BCUT2D eigenvalue weighted by Crippen LogP contribution is -2.44. The number of hydrogen-bond acceptors (Lipinski definition) is 11. The molecule has 0 aliphatic carbocycles. The molecule has 6 heterocycles. The molecule has 2 amide bonds. The predicted octanol–water partition coefficient (Wildman–Crippen LogP) is 5.70. The van der Waals surface area contributed by atoms with Crippen LogP contribution in [0.1, 0.15) is 54.4 Å². The Morgan fingerprint density at radius 1 is 0.678 bits per heavy atom. The monoisotopic (exact) mass is 822 g/mol. The van der Waals surface area contributed by atoms with E-state index in [1.54, 1.807) is 52.6 Å². The normalized spacial score (nSPS) is 17.8. The fraction of sp³-hybridized carbons (Fsp3) is 0.286. The third-order valence-electron chi connectivity index (χ3n) is 11.2. The second-order valence-electron chi connectivity index (χ2n) is 14.8. The van der Waals surface area contributed by atoms with Crippen molar-refractivity contribution in [2.45, 2.75) is 51.2 Å². The van der Waals surface area contributed by atoms with Gasteiger partial charge in [0.05, 0.1) is 48.8 Å². The first kappa shape index (κ1) is 37.9. The van der Waals surface area contributed by atoms with Gasteiger partial charge in [0.2, 0.25) is 0 Å². The number of benzene rings is 3. The first-order valence-corrected chi connectivity index (χ1v) is 20.1. The van der Waals surface area contributed by atoms with E-state index in [2.05, 4.69) is 23.3 Å². The Balaban J connectivity index is 0.957. The maximum atomic E-state index is 13.8. The number of rotatable bonds is 10. The van der Waals surface area contributed by atoms with Gasteiger partial charge in [-0.15, -0.1) is 0 Å². The van der Waals surface area contributed by atoms with E-state index in [4.69, 9.17) is 18.9 Å². The highest BCUT2D eigenvalue weighted by atomic mass is 32.3. The van der Waals surface area contributed by atoms with Gasteiger partial charge in [-0.05, 0) is 64.7 Å². The second kappa shape index (κ2) is 14.6. The van der Waals surface area contributed by atoms with Crippen LogP contribution in [-0.4, -0.2) is 77.9 Å². The van der Waals surface area contributed by atoms with Crippen LogP contribution in [0.25, 0.3) is 0 Å². The summed E-state index contributed by atoms with van der Waals surface area (Å²) in [5, 5.41) is 0. The van der Waals surface area contributed by atoms with Crippen molar-refractivity contribution in [1.82, 2.24) is 18.9 Å². The summed E-state index contributed by atoms with van der Waals surface area (Å²) in [7, 11) is 1.49. The van der Waals surface area contributed by atoms with Crippen LogP contribution in [0.3, 0.4) is 0 Å². The van der Waals surface area contributed by atoms with Gasteiger partial charge in [-0.3, -0.25) is 19.6 Å². The first-order chi connectivity index (χ1) is 28.3. The Morgan fingerprint density at radius 3 is 1.56 bits per heavy atom. The number of carbonyl (C=O) groups is 2. The molecule has 0 radical (unpaired) electrons. The minimum Gasteiger partial charge on any atom is -0.493 e. The van der Waals surface area contributed by atoms with E-state index in [9.17, 15) is 21.9 Å². The number of fused-ring (bicyclic) bond motifs is 6. The highest BCUT2D eigenvalue weighted by molar-refractivity contribution is 7.81. The van der Waals surface area contributed by atoms with Crippen molar-refractivity contribution in [3.05, 3.63) is 112 Å². The molecule has 0 bridgehead atoms. The van der Waals surface area contributed by atoms with E-state index >= 15 is 0 Å². The number of aryl methyl sites for hydroxylation is 2. The Labute approximate surface area is 339 Å². The van der Waals surface area contributed by atoms with Gasteiger partial charge in [0.15, 0.2) is 23.0 Å². The molecule has 0 fully saturated rings. The summed E-state index contributed by atoms with van der Waals surface area (Å²) in [6.45, 7) is 0.612. The smallest absolute Gasteiger partial charge is 0.488 e. The van der Waals surface area contributed by atoms with Crippen molar-refractivity contribution in [3.8, 4) is 28.7 Å². The zero-order valence-corrected chi connectivity index (χ0v) is 33.4. The standard InChI is InChI=1S/C42H39FN6O9S/c1-46-7-5-26-20-48-28(12-35(26)46)18-44-33-16-39(37(54-3)14-31(33)41(48)50)56-22-24-9-25(11-30(10-24)58-59(43,52)53)23-57-40-17-34-32(15-38(40)55-4)42(51)49-21-27-6-8-47(2)36(27)13-29(49)19-45-34/h5-11,14-19,28-29H,12-13,20-23H2,1-4H3/t28-,29-/m0/s1. The zero-order valence-electron chi connectivity index (χ0n) is 32.5. The summed E-state index contributed by atoms with van der Waals surface area (Å²) < 4.78 is 69.4. The van der Waals surface area contributed by atoms with Crippen LogP contribution < -0.4 is 23.1 Å². The number of nitrogens with zero attached hydrogens (tertiary/aromatic N) is 6.